The summed E-state index contributed by atoms with van der Waals surface area (Å²) in [7, 11) is 0. The lowest BCUT2D eigenvalue weighted by molar-refractivity contribution is -0.389. The van der Waals surface area contributed by atoms with E-state index in [2.05, 4.69) is 26.9 Å². The van der Waals surface area contributed by atoms with Crippen LogP contribution < -0.4 is 5.32 Å². The number of hydrogen-bond acceptors (Lipinski definition) is 7. The van der Waals surface area contributed by atoms with Crippen LogP contribution in [0.5, 0.6) is 0 Å². The Balaban J connectivity index is 2.15. The minimum absolute atomic E-state index is 0.0104. The number of nitrogens with zero attached hydrogens (tertiary/aromatic N) is 5. The Morgan fingerprint density at radius 1 is 1.63 bits per heavy atom. The van der Waals surface area contributed by atoms with Crippen LogP contribution in [0.15, 0.2) is 6.20 Å². The average Bonchev–Trinajstić information content (AvgIpc) is 2.94. The quantitative estimate of drug-likeness (QED) is 0.648. The zero-order valence-electron chi connectivity index (χ0n) is 10.0. The van der Waals surface area contributed by atoms with E-state index in [1.54, 1.807) is 0 Å². The minimum atomic E-state index is -0.617. The standard InChI is InChI=1S/C9H11ClN6O2S/c1-2-3-11-9-7(12-14-19-9)5-15-4-6(10)8(13-15)16(17)18/h4,11H,2-3,5H2,1H3. The molecule has 8 nitrogen and oxygen atoms in total. The fourth-order valence-corrected chi connectivity index (χ4v) is 2.25. The monoisotopic (exact) mass is 302 g/mol. The lowest BCUT2D eigenvalue weighted by Gasteiger charge is -2.01. The molecule has 0 amide bonds. The van der Waals surface area contributed by atoms with Crippen LogP contribution in [0, 0.1) is 10.1 Å². The Kier molecular flexibility index (Phi) is 4.27. The molecule has 0 fully saturated rings. The molecule has 2 heterocycles. The molecule has 19 heavy (non-hydrogen) atoms. The van der Waals surface area contributed by atoms with E-state index in [0.29, 0.717) is 5.69 Å². The average molecular weight is 303 g/mol. The largest absolute Gasteiger partial charge is 0.408 e. The van der Waals surface area contributed by atoms with Crippen molar-refractivity contribution in [1.82, 2.24) is 19.4 Å². The second-order valence-electron chi connectivity index (χ2n) is 3.73. The topological polar surface area (TPSA) is 98.8 Å². The summed E-state index contributed by atoms with van der Waals surface area (Å²) in [5, 5.41) is 22.5. The van der Waals surface area contributed by atoms with Crippen molar-refractivity contribution in [3.63, 3.8) is 0 Å². The van der Waals surface area contributed by atoms with Crippen molar-refractivity contribution in [1.29, 1.82) is 0 Å². The van der Waals surface area contributed by atoms with Gasteiger partial charge in [0, 0.05) is 18.1 Å². The molecule has 0 aliphatic carbocycles. The Labute approximate surface area is 117 Å². The van der Waals surface area contributed by atoms with E-state index in [9.17, 15) is 10.1 Å². The van der Waals surface area contributed by atoms with Gasteiger partial charge in [-0.25, -0.2) is 0 Å². The molecule has 0 saturated carbocycles. The lowest BCUT2D eigenvalue weighted by atomic mass is 10.4. The molecule has 0 aliphatic heterocycles. The van der Waals surface area contributed by atoms with E-state index < -0.39 is 4.92 Å². The third-order valence-electron chi connectivity index (χ3n) is 2.28. The van der Waals surface area contributed by atoms with Crippen LogP contribution in [-0.4, -0.2) is 30.8 Å². The molecule has 102 valence electrons. The maximum Gasteiger partial charge on any atom is 0.408 e. The smallest absolute Gasteiger partial charge is 0.374 e. The van der Waals surface area contributed by atoms with E-state index in [1.165, 1.54) is 22.4 Å². The summed E-state index contributed by atoms with van der Waals surface area (Å²) >= 11 is 6.98. The molecular formula is C9H11ClN6O2S. The van der Waals surface area contributed by atoms with Gasteiger partial charge in [0.05, 0.1) is 11.3 Å². The van der Waals surface area contributed by atoms with Crippen molar-refractivity contribution in [2.24, 2.45) is 0 Å². The van der Waals surface area contributed by atoms with Crippen molar-refractivity contribution in [3.05, 3.63) is 27.0 Å². The predicted octanol–water partition coefficient (Wildman–Crippen LogP) is 2.17. The molecule has 0 bridgehead atoms. The molecule has 0 spiro atoms. The summed E-state index contributed by atoms with van der Waals surface area (Å²) in [4.78, 5) is 10.0. The molecule has 0 aromatic carbocycles. The fraction of sp³-hybridized carbons (Fsp3) is 0.444. The Bertz CT molecular complexity index is 583. The molecule has 0 atom stereocenters. The number of nitro groups is 1. The molecule has 2 rings (SSSR count). The number of rotatable bonds is 6. The number of nitrogens with one attached hydrogen (secondary N) is 1. The highest BCUT2D eigenvalue weighted by atomic mass is 35.5. The van der Waals surface area contributed by atoms with Crippen molar-refractivity contribution in [2.45, 2.75) is 19.9 Å². The van der Waals surface area contributed by atoms with Crippen LogP contribution in [0.25, 0.3) is 0 Å². The molecular weight excluding hydrogens is 292 g/mol. The maximum absolute atomic E-state index is 10.7. The number of halogens is 1. The van der Waals surface area contributed by atoms with Crippen LogP contribution in [-0.2, 0) is 6.54 Å². The molecule has 0 saturated heterocycles. The summed E-state index contributed by atoms with van der Waals surface area (Å²) in [6.07, 6.45) is 2.39. The maximum atomic E-state index is 10.7. The normalized spacial score (nSPS) is 10.6. The number of aromatic nitrogens is 4. The minimum Gasteiger partial charge on any atom is -0.374 e. The van der Waals surface area contributed by atoms with Crippen molar-refractivity contribution >= 4 is 34.0 Å². The van der Waals surface area contributed by atoms with E-state index in [1.807, 2.05) is 0 Å². The first kappa shape index (κ1) is 13.7. The van der Waals surface area contributed by atoms with Gasteiger partial charge in [0.1, 0.15) is 17.2 Å². The summed E-state index contributed by atoms with van der Waals surface area (Å²) in [6, 6.07) is 0. The van der Waals surface area contributed by atoms with Crippen LogP contribution in [0.4, 0.5) is 10.8 Å². The molecule has 0 radical (unpaired) electrons. The SMILES string of the molecule is CCCNc1snnc1Cn1cc(Cl)c([N+](=O)[O-])n1. The number of anilines is 1. The zero-order valence-corrected chi connectivity index (χ0v) is 11.6. The van der Waals surface area contributed by atoms with Gasteiger partial charge in [0.25, 0.3) is 0 Å². The van der Waals surface area contributed by atoms with Gasteiger partial charge in [-0.05, 0) is 11.3 Å². The highest BCUT2D eigenvalue weighted by Crippen LogP contribution is 2.23. The first-order valence-electron chi connectivity index (χ1n) is 5.54. The summed E-state index contributed by atoms with van der Waals surface area (Å²) < 4.78 is 5.24. The summed E-state index contributed by atoms with van der Waals surface area (Å²) in [6.45, 7) is 3.16. The van der Waals surface area contributed by atoms with Crippen LogP contribution in [0.3, 0.4) is 0 Å². The summed E-state index contributed by atoms with van der Waals surface area (Å²) in [5.41, 5.74) is 0.688. The molecule has 2 aromatic heterocycles. The van der Waals surface area contributed by atoms with Gasteiger partial charge >= 0.3 is 5.82 Å². The molecule has 1 N–H and O–H groups in total. The highest BCUT2D eigenvalue weighted by molar-refractivity contribution is 7.10. The van der Waals surface area contributed by atoms with Crippen molar-refractivity contribution in [3.8, 4) is 0 Å². The first-order chi connectivity index (χ1) is 9.11. The lowest BCUT2D eigenvalue weighted by Crippen LogP contribution is -2.06. The number of hydrogen-bond donors (Lipinski definition) is 1. The van der Waals surface area contributed by atoms with Crippen molar-refractivity contribution in [2.75, 3.05) is 11.9 Å². The van der Waals surface area contributed by atoms with E-state index in [-0.39, 0.29) is 17.4 Å². The van der Waals surface area contributed by atoms with Gasteiger partial charge in [0.15, 0.2) is 5.02 Å². The van der Waals surface area contributed by atoms with Crippen LogP contribution in [0.1, 0.15) is 19.0 Å². The molecule has 0 unspecified atom stereocenters. The Morgan fingerprint density at radius 3 is 3.05 bits per heavy atom. The van der Waals surface area contributed by atoms with Crippen LogP contribution >= 0.6 is 23.1 Å². The molecule has 10 heteroatoms. The first-order valence-corrected chi connectivity index (χ1v) is 6.69. The van der Waals surface area contributed by atoms with E-state index >= 15 is 0 Å². The third-order valence-corrected chi connectivity index (χ3v) is 3.27. The van der Waals surface area contributed by atoms with Crippen molar-refractivity contribution < 1.29 is 4.92 Å². The second kappa shape index (κ2) is 5.93. The Morgan fingerprint density at radius 2 is 2.42 bits per heavy atom. The highest BCUT2D eigenvalue weighted by Gasteiger charge is 2.20. The summed E-state index contributed by atoms with van der Waals surface area (Å²) in [5.74, 6) is -0.354. The van der Waals surface area contributed by atoms with Gasteiger partial charge in [-0.2, -0.15) is 4.68 Å². The predicted molar refractivity (Wildman–Crippen MR) is 71.7 cm³/mol. The zero-order chi connectivity index (χ0) is 13.8. The van der Waals surface area contributed by atoms with E-state index in [0.717, 1.165) is 18.0 Å². The van der Waals surface area contributed by atoms with Gasteiger partial charge in [-0.15, -0.1) is 5.10 Å². The Hall–Kier alpha value is -1.74. The third kappa shape index (κ3) is 3.18. The second-order valence-corrected chi connectivity index (χ2v) is 4.89. The molecule has 2 aromatic rings. The fourth-order valence-electron chi connectivity index (χ4n) is 1.43. The molecule has 0 aliphatic rings. The van der Waals surface area contributed by atoms with E-state index in [4.69, 9.17) is 11.6 Å². The van der Waals surface area contributed by atoms with Crippen LogP contribution in [0.2, 0.25) is 5.02 Å². The van der Waals surface area contributed by atoms with Gasteiger partial charge in [0.2, 0.25) is 0 Å². The van der Waals surface area contributed by atoms with Gasteiger partial charge in [-0.3, -0.25) is 0 Å². The van der Waals surface area contributed by atoms with Gasteiger partial charge in [-0.1, -0.05) is 23.0 Å². The van der Waals surface area contributed by atoms with Gasteiger partial charge < -0.3 is 15.4 Å².